The van der Waals surface area contributed by atoms with Crippen molar-refractivity contribution in [2.45, 2.75) is 12.8 Å². The lowest BCUT2D eigenvalue weighted by atomic mass is 10.0. The number of carbonyl (C=O) groups is 1. The summed E-state index contributed by atoms with van der Waals surface area (Å²) in [5, 5.41) is 4.64. The largest absolute Gasteiger partial charge is 0.338 e. The maximum atomic E-state index is 14.0. The molecule has 1 aromatic heterocycles. The van der Waals surface area contributed by atoms with Gasteiger partial charge in [0, 0.05) is 43.8 Å². The van der Waals surface area contributed by atoms with Gasteiger partial charge in [-0.1, -0.05) is 30.3 Å². The van der Waals surface area contributed by atoms with Crippen LogP contribution in [0.25, 0.3) is 11.3 Å². The van der Waals surface area contributed by atoms with E-state index in [0.29, 0.717) is 25.9 Å². The van der Waals surface area contributed by atoms with E-state index in [9.17, 15) is 13.6 Å². The maximum absolute atomic E-state index is 14.0. The molecular weight excluding hydrogens is 348 g/mol. The Bertz CT molecular complexity index is 998. The lowest BCUT2D eigenvalue weighted by molar-refractivity contribution is 0.0758. The molecule has 2 heterocycles. The van der Waals surface area contributed by atoms with Crippen LogP contribution < -0.4 is 0 Å². The molecule has 1 aliphatic heterocycles. The van der Waals surface area contributed by atoms with Gasteiger partial charge in [0.2, 0.25) is 0 Å². The zero-order valence-electron chi connectivity index (χ0n) is 15.0. The fourth-order valence-electron chi connectivity index (χ4n) is 3.68. The average Bonchev–Trinajstić information content (AvgIpc) is 2.83. The molecule has 0 unspecified atom stereocenters. The van der Waals surface area contributed by atoms with Crippen molar-refractivity contribution in [3.63, 3.8) is 0 Å². The highest BCUT2D eigenvalue weighted by Crippen LogP contribution is 2.28. The lowest BCUT2D eigenvalue weighted by Gasteiger charge is -2.21. The molecule has 0 atom stereocenters. The van der Waals surface area contributed by atoms with Crippen LogP contribution in [0.5, 0.6) is 0 Å². The van der Waals surface area contributed by atoms with E-state index in [-0.39, 0.29) is 5.56 Å². The standard InChI is InChI=1S/C21H19F2N3O/c1-25-20(14-5-3-2-4-6-14)17-9-11-26(12-10-19(17)24-25)21(27)16-8-7-15(22)13-18(16)23/h2-8,13H,9-12H2,1H3. The molecule has 2 aromatic carbocycles. The van der Waals surface area contributed by atoms with Crippen molar-refractivity contribution in [1.29, 1.82) is 0 Å². The Morgan fingerprint density at radius 3 is 2.52 bits per heavy atom. The van der Waals surface area contributed by atoms with Gasteiger partial charge < -0.3 is 4.90 Å². The van der Waals surface area contributed by atoms with Crippen molar-refractivity contribution in [3.05, 3.63) is 77.0 Å². The van der Waals surface area contributed by atoms with Gasteiger partial charge in [0.05, 0.1) is 17.0 Å². The molecule has 27 heavy (non-hydrogen) atoms. The molecule has 1 aliphatic rings. The van der Waals surface area contributed by atoms with E-state index in [0.717, 1.165) is 34.6 Å². The SMILES string of the molecule is Cn1nc2c(c1-c1ccccc1)CCN(C(=O)c1ccc(F)cc1F)CC2. The summed E-state index contributed by atoms with van der Waals surface area (Å²) in [6, 6.07) is 13.1. The number of benzene rings is 2. The Morgan fingerprint density at radius 2 is 1.78 bits per heavy atom. The fourth-order valence-corrected chi connectivity index (χ4v) is 3.68. The second kappa shape index (κ2) is 6.95. The third-order valence-electron chi connectivity index (χ3n) is 4.97. The topological polar surface area (TPSA) is 38.1 Å². The molecule has 3 aromatic rings. The fraction of sp³-hybridized carbons (Fsp3) is 0.238. The highest BCUT2D eigenvalue weighted by atomic mass is 19.1. The minimum Gasteiger partial charge on any atom is -0.338 e. The predicted molar refractivity (Wildman–Crippen MR) is 98.3 cm³/mol. The minimum absolute atomic E-state index is 0.0974. The molecular formula is C21H19F2N3O. The van der Waals surface area contributed by atoms with E-state index in [1.807, 2.05) is 42.1 Å². The van der Waals surface area contributed by atoms with Crippen molar-refractivity contribution >= 4 is 5.91 Å². The summed E-state index contributed by atoms with van der Waals surface area (Å²) in [4.78, 5) is 14.3. The Balaban J connectivity index is 1.61. The number of rotatable bonds is 2. The van der Waals surface area contributed by atoms with Crippen molar-refractivity contribution < 1.29 is 13.6 Å². The molecule has 0 aliphatic carbocycles. The number of nitrogens with zero attached hydrogens (tertiary/aromatic N) is 3. The van der Waals surface area contributed by atoms with Crippen LogP contribution in [-0.2, 0) is 19.9 Å². The van der Waals surface area contributed by atoms with Crippen molar-refractivity contribution in [3.8, 4) is 11.3 Å². The maximum Gasteiger partial charge on any atom is 0.256 e. The molecule has 6 heteroatoms. The first-order valence-corrected chi connectivity index (χ1v) is 8.89. The number of fused-ring (bicyclic) bond motifs is 1. The first kappa shape index (κ1) is 17.4. The normalized spacial score (nSPS) is 14.0. The quantitative estimate of drug-likeness (QED) is 0.694. The molecule has 0 bridgehead atoms. The summed E-state index contributed by atoms with van der Waals surface area (Å²) in [5.41, 5.74) is 4.12. The third kappa shape index (κ3) is 3.23. The van der Waals surface area contributed by atoms with Gasteiger partial charge in [-0.05, 0) is 18.6 Å². The zero-order chi connectivity index (χ0) is 19.0. The molecule has 0 fully saturated rings. The van der Waals surface area contributed by atoms with Gasteiger partial charge in [-0.2, -0.15) is 5.10 Å². The van der Waals surface area contributed by atoms with Crippen LogP contribution in [0.1, 0.15) is 21.6 Å². The Labute approximate surface area is 156 Å². The summed E-state index contributed by atoms with van der Waals surface area (Å²) in [6.45, 7) is 0.919. The molecule has 0 radical (unpaired) electrons. The van der Waals surface area contributed by atoms with Crippen LogP contribution in [0.2, 0.25) is 0 Å². The van der Waals surface area contributed by atoms with E-state index in [1.54, 1.807) is 4.90 Å². The van der Waals surface area contributed by atoms with Crippen LogP contribution >= 0.6 is 0 Å². The summed E-state index contributed by atoms with van der Waals surface area (Å²) < 4.78 is 29.0. The third-order valence-corrected chi connectivity index (χ3v) is 4.97. The highest BCUT2D eigenvalue weighted by Gasteiger charge is 2.26. The monoisotopic (exact) mass is 367 g/mol. The van der Waals surface area contributed by atoms with Crippen LogP contribution in [0.15, 0.2) is 48.5 Å². The van der Waals surface area contributed by atoms with Gasteiger partial charge in [-0.3, -0.25) is 9.48 Å². The van der Waals surface area contributed by atoms with Crippen LogP contribution in [-0.4, -0.2) is 33.7 Å². The van der Waals surface area contributed by atoms with Crippen molar-refractivity contribution in [2.75, 3.05) is 13.1 Å². The molecule has 0 saturated carbocycles. The zero-order valence-corrected chi connectivity index (χ0v) is 15.0. The highest BCUT2D eigenvalue weighted by molar-refractivity contribution is 5.94. The Hall–Kier alpha value is -3.02. The first-order valence-electron chi connectivity index (χ1n) is 8.89. The van der Waals surface area contributed by atoms with Crippen LogP contribution in [0.3, 0.4) is 0 Å². The number of amides is 1. The van der Waals surface area contributed by atoms with Crippen molar-refractivity contribution in [1.82, 2.24) is 14.7 Å². The number of hydrogen-bond acceptors (Lipinski definition) is 2. The molecule has 1 amide bonds. The predicted octanol–water partition coefficient (Wildman–Crippen LogP) is 3.61. The number of carbonyl (C=O) groups excluding carboxylic acids is 1. The summed E-state index contributed by atoms with van der Waals surface area (Å²) >= 11 is 0. The average molecular weight is 367 g/mol. The van der Waals surface area contributed by atoms with E-state index >= 15 is 0 Å². The lowest BCUT2D eigenvalue weighted by Crippen LogP contribution is -2.34. The van der Waals surface area contributed by atoms with Crippen LogP contribution in [0, 0.1) is 11.6 Å². The van der Waals surface area contributed by atoms with E-state index in [2.05, 4.69) is 5.10 Å². The number of halogens is 2. The number of aromatic nitrogens is 2. The number of aryl methyl sites for hydroxylation is 1. The van der Waals surface area contributed by atoms with Crippen molar-refractivity contribution in [2.24, 2.45) is 7.05 Å². The molecule has 0 spiro atoms. The Morgan fingerprint density at radius 1 is 1.04 bits per heavy atom. The molecule has 0 saturated heterocycles. The molecule has 4 rings (SSSR count). The van der Waals surface area contributed by atoms with Crippen LogP contribution in [0.4, 0.5) is 8.78 Å². The second-order valence-corrected chi connectivity index (χ2v) is 6.68. The first-order chi connectivity index (χ1) is 13.0. The van der Waals surface area contributed by atoms with Gasteiger partial charge >= 0.3 is 0 Å². The second-order valence-electron chi connectivity index (χ2n) is 6.68. The van der Waals surface area contributed by atoms with Gasteiger partial charge in [-0.25, -0.2) is 8.78 Å². The smallest absolute Gasteiger partial charge is 0.256 e. The minimum atomic E-state index is -0.828. The molecule has 0 N–H and O–H groups in total. The number of hydrogen-bond donors (Lipinski definition) is 0. The Kier molecular flexibility index (Phi) is 4.48. The molecule has 138 valence electrons. The van der Waals surface area contributed by atoms with Gasteiger partial charge in [-0.15, -0.1) is 0 Å². The summed E-state index contributed by atoms with van der Waals surface area (Å²) in [6.07, 6.45) is 1.24. The summed E-state index contributed by atoms with van der Waals surface area (Å²) in [5.74, 6) is -1.93. The van der Waals surface area contributed by atoms with Gasteiger partial charge in [0.25, 0.3) is 5.91 Å². The molecule has 4 nitrogen and oxygen atoms in total. The van der Waals surface area contributed by atoms with E-state index in [4.69, 9.17) is 0 Å². The van der Waals surface area contributed by atoms with E-state index < -0.39 is 17.5 Å². The summed E-state index contributed by atoms with van der Waals surface area (Å²) in [7, 11) is 1.92. The van der Waals surface area contributed by atoms with Gasteiger partial charge in [0.15, 0.2) is 0 Å². The van der Waals surface area contributed by atoms with Gasteiger partial charge in [0.1, 0.15) is 11.6 Å². The van der Waals surface area contributed by atoms with E-state index in [1.165, 1.54) is 6.07 Å².